The van der Waals surface area contributed by atoms with E-state index in [4.69, 9.17) is 10.5 Å². The second-order valence-corrected chi connectivity index (χ2v) is 5.76. The van der Waals surface area contributed by atoms with E-state index in [2.05, 4.69) is 18.5 Å². The Morgan fingerprint density at radius 2 is 2.21 bits per heavy atom. The first-order valence-electron chi connectivity index (χ1n) is 6.57. The molecule has 0 aliphatic heterocycles. The number of anilines is 2. The number of hydrogen-bond donors (Lipinski definition) is 2. The van der Waals surface area contributed by atoms with E-state index in [0.717, 1.165) is 25.1 Å². The molecular weight excluding hydrogens is 263 g/mol. The Labute approximate surface area is 119 Å². The van der Waals surface area contributed by atoms with Crippen LogP contribution in [0.25, 0.3) is 0 Å². The van der Waals surface area contributed by atoms with Gasteiger partial charge in [-0.3, -0.25) is 0 Å². The van der Waals surface area contributed by atoms with Crippen molar-refractivity contribution < 1.29 is 9.13 Å². The Morgan fingerprint density at radius 3 is 2.84 bits per heavy atom. The van der Waals surface area contributed by atoms with Crippen molar-refractivity contribution in [3.8, 4) is 5.75 Å². The van der Waals surface area contributed by atoms with Crippen LogP contribution < -0.4 is 15.8 Å². The van der Waals surface area contributed by atoms with E-state index < -0.39 is 5.82 Å². The highest BCUT2D eigenvalue weighted by Gasteiger charge is 2.09. The lowest BCUT2D eigenvalue weighted by atomic mass is 10.2. The lowest BCUT2D eigenvalue weighted by Crippen LogP contribution is -2.10. The second-order valence-electron chi connectivity index (χ2n) is 4.48. The molecule has 5 heteroatoms. The molecule has 0 spiro atoms. The van der Waals surface area contributed by atoms with Crippen molar-refractivity contribution in [3.63, 3.8) is 0 Å². The number of nitrogens with one attached hydrogen (secondary N) is 1. The second kappa shape index (κ2) is 8.15. The highest BCUT2D eigenvalue weighted by atomic mass is 32.2. The van der Waals surface area contributed by atoms with Crippen molar-refractivity contribution in [2.45, 2.75) is 31.9 Å². The van der Waals surface area contributed by atoms with Crippen molar-refractivity contribution in [3.05, 3.63) is 17.9 Å². The molecule has 0 aromatic heterocycles. The summed E-state index contributed by atoms with van der Waals surface area (Å²) in [4.78, 5) is 0. The van der Waals surface area contributed by atoms with E-state index in [0.29, 0.717) is 17.5 Å². The van der Waals surface area contributed by atoms with E-state index in [9.17, 15) is 4.39 Å². The molecule has 0 fully saturated rings. The first-order chi connectivity index (χ1) is 9.08. The van der Waals surface area contributed by atoms with Crippen LogP contribution in [0.4, 0.5) is 15.8 Å². The van der Waals surface area contributed by atoms with Crippen LogP contribution in [0.15, 0.2) is 12.1 Å². The summed E-state index contributed by atoms with van der Waals surface area (Å²) in [7, 11) is 0. The average Bonchev–Trinajstić information content (AvgIpc) is 2.39. The number of benzene rings is 1. The summed E-state index contributed by atoms with van der Waals surface area (Å²) in [5.41, 5.74) is 6.96. The van der Waals surface area contributed by atoms with Crippen molar-refractivity contribution in [1.29, 1.82) is 0 Å². The van der Waals surface area contributed by atoms with Crippen LogP contribution in [0, 0.1) is 5.82 Å². The number of nitrogens with two attached hydrogens (primary N) is 1. The monoisotopic (exact) mass is 286 g/mol. The standard InChI is InChI=1S/C14H23FN2OS/c1-4-7-18-14-9-13(12(16)8-11(14)15)17-6-5-10(2)19-3/h8-10,17H,4-7,16H2,1-3H3. The maximum atomic E-state index is 13.6. The minimum absolute atomic E-state index is 0.261. The number of hydrogen-bond acceptors (Lipinski definition) is 4. The number of rotatable bonds is 8. The number of nitrogen functional groups attached to an aromatic ring is 1. The van der Waals surface area contributed by atoms with Gasteiger partial charge in [0.1, 0.15) is 0 Å². The highest BCUT2D eigenvalue weighted by Crippen LogP contribution is 2.28. The van der Waals surface area contributed by atoms with Gasteiger partial charge >= 0.3 is 0 Å². The minimum Gasteiger partial charge on any atom is -0.490 e. The summed E-state index contributed by atoms with van der Waals surface area (Å²) >= 11 is 1.82. The summed E-state index contributed by atoms with van der Waals surface area (Å²) in [5.74, 6) is -0.148. The molecule has 0 radical (unpaired) electrons. The van der Waals surface area contributed by atoms with Crippen LogP contribution >= 0.6 is 11.8 Å². The lowest BCUT2D eigenvalue weighted by molar-refractivity contribution is 0.301. The van der Waals surface area contributed by atoms with Gasteiger partial charge in [0.05, 0.1) is 18.0 Å². The van der Waals surface area contributed by atoms with E-state index in [1.165, 1.54) is 6.07 Å². The Bertz CT molecular complexity index is 401. The normalized spacial score (nSPS) is 12.2. The molecule has 0 heterocycles. The van der Waals surface area contributed by atoms with Crippen LogP contribution in [0.1, 0.15) is 26.7 Å². The number of ether oxygens (including phenoxy) is 1. The average molecular weight is 286 g/mol. The Morgan fingerprint density at radius 1 is 1.47 bits per heavy atom. The number of thioether (sulfide) groups is 1. The van der Waals surface area contributed by atoms with Crippen LogP contribution in [-0.2, 0) is 0 Å². The Balaban J connectivity index is 2.66. The summed E-state index contributed by atoms with van der Waals surface area (Å²) in [6.45, 7) is 5.48. The van der Waals surface area contributed by atoms with Crippen molar-refractivity contribution in [1.82, 2.24) is 0 Å². The Kier molecular flexibility index (Phi) is 6.84. The third-order valence-electron chi connectivity index (χ3n) is 2.83. The molecule has 0 saturated carbocycles. The van der Waals surface area contributed by atoms with Crippen molar-refractivity contribution in [2.75, 3.05) is 30.5 Å². The van der Waals surface area contributed by atoms with Gasteiger partial charge in [-0.1, -0.05) is 13.8 Å². The molecule has 1 unspecified atom stereocenters. The summed E-state index contributed by atoms with van der Waals surface area (Å²) in [6.07, 6.45) is 3.97. The van der Waals surface area contributed by atoms with Gasteiger partial charge in [0, 0.05) is 23.9 Å². The molecule has 3 nitrogen and oxygen atoms in total. The van der Waals surface area contributed by atoms with Crippen LogP contribution in [0.3, 0.4) is 0 Å². The molecule has 1 atom stereocenters. The van der Waals surface area contributed by atoms with Gasteiger partial charge in [-0.15, -0.1) is 0 Å². The topological polar surface area (TPSA) is 47.3 Å². The van der Waals surface area contributed by atoms with E-state index in [1.807, 2.05) is 18.7 Å². The lowest BCUT2D eigenvalue weighted by Gasteiger charge is -2.14. The predicted molar refractivity (Wildman–Crippen MR) is 82.7 cm³/mol. The molecule has 0 aliphatic carbocycles. The molecule has 1 aromatic carbocycles. The molecule has 108 valence electrons. The first-order valence-corrected chi connectivity index (χ1v) is 7.85. The zero-order valence-corrected chi connectivity index (χ0v) is 12.6. The van der Waals surface area contributed by atoms with Gasteiger partial charge in [0.15, 0.2) is 11.6 Å². The van der Waals surface area contributed by atoms with Crippen molar-refractivity contribution >= 4 is 23.1 Å². The Hall–Kier alpha value is -1.10. The molecule has 0 bridgehead atoms. The maximum absolute atomic E-state index is 13.6. The molecule has 0 saturated heterocycles. The molecule has 0 amide bonds. The van der Waals surface area contributed by atoms with E-state index in [-0.39, 0.29) is 5.75 Å². The van der Waals surface area contributed by atoms with E-state index in [1.54, 1.807) is 6.07 Å². The quantitative estimate of drug-likeness (QED) is 0.715. The zero-order chi connectivity index (χ0) is 14.3. The molecule has 19 heavy (non-hydrogen) atoms. The fourth-order valence-electron chi connectivity index (χ4n) is 1.57. The molecular formula is C14H23FN2OS. The summed E-state index contributed by atoms with van der Waals surface area (Å²) in [5, 5.41) is 3.83. The largest absolute Gasteiger partial charge is 0.490 e. The SMILES string of the molecule is CCCOc1cc(NCCC(C)SC)c(N)cc1F. The zero-order valence-electron chi connectivity index (χ0n) is 11.8. The van der Waals surface area contributed by atoms with E-state index >= 15 is 0 Å². The minimum atomic E-state index is -0.408. The van der Waals surface area contributed by atoms with Gasteiger partial charge in [-0.25, -0.2) is 4.39 Å². The molecule has 0 aliphatic rings. The highest BCUT2D eigenvalue weighted by molar-refractivity contribution is 7.99. The van der Waals surface area contributed by atoms with Gasteiger partial charge in [-0.2, -0.15) is 11.8 Å². The van der Waals surface area contributed by atoms with Gasteiger partial charge < -0.3 is 15.8 Å². The third kappa shape index (κ3) is 5.19. The number of halogens is 1. The van der Waals surface area contributed by atoms with Gasteiger partial charge in [0.25, 0.3) is 0 Å². The molecule has 3 N–H and O–H groups in total. The fourth-order valence-corrected chi connectivity index (χ4v) is 1.93. The maximum Gasteiger partial charge on any atom is 0.167 e. The smallest absolute Gasteiger partial charge is 0.167 e. The fraction of sp³-hybridized carbons (Fsp3) is 0.571. The molecule has 1 aromatic rings. The van der Waals surface area contributed by atoms with Crippen LogP contribution in [0.2, 0.25) is 0 Å². The van der Waals surface area contributed by atoms with Crippen LogP contribution in [-0.4, -0.2) is 24.7 Å². The van der Waals surface area contributed by atoms with Crippen LogP contribution in [0.5, 0.6) is 5.75 Å². The predicted octanol–water partition coefficient (Wildman–Crippen LogP) is 3.75. The van der Waals surface area contributed by atoms with Gasteiger partial charge in [-0.05, 0) is 19.1 Å². The summed E-state index contributed by atoms with van der Waals surface area (Å²) in [6, 6.07) is 2.95. The third-order valence-corrected chi connectivity index (χ3v) is 3.87. The summed E-state index contributed by atoms with van der Waals surface area (Å²) < 4.78 is 19.0. The van der Waals surface area contributed by atoms with Crippen molar-refractivity contribution in [2.24, 2.45) is 0 Å². The molecule has 1 rings (SSSR count). The van der Waals surface area contributed by atoms with Gasteiger partial charge in [0.2, 0.25) is 0 Å². The first kappa shape index (κ1) is 16.0.